The van der Waals surface area contributed by atoms with Crippen LogP contribution in [0.3, 0.4) is 0 Å². The Hall–Kier alpha value is -1.88. The van der Waals surface area contributed by atoms with Gasteiger partial charge in [-0.1, -0.05) is 48.8 Å². The quantitative estimate of drug-likeness (QED) is 0.547. The maximum Gasteiger partial charge on any atom is 0.312 e. The molecule has 0 saturated heterocycles. The van der Waals surface area contributed by atoms with E-state index in [0.717, 1.165) is 0 Å². The van der Waals surface area contributed by atoms with E-state index in [2.05, 4.69) is 36.7 Å². The summed E-state index contributed by atoms with van der Waals surface area (Å²) in [7, 11) is 0. The van der Waals surface area contributed by atoms with Crippen LogP contribution in [0.15, 0.2) is 46.9 Å². The second kappa shape index (κ2) is 5.85. The first-order valence-electron chi connectivity index (χ1n) is 6.50. The lowest BCUT2D eigenvalue weighted by Gasteiger charge is -2.19. The third-order valence-corrected chi connectivity index (χ3v) is 3.56. The number of hydrogen-bond acceptors (Lipinski definition) is 3. The number of rotatable bonds is 3. The molecule has 0 unspecified atom stereocenters. The Kier molecular flexibility index (Phi) is 4.32. The highest BCUT2D eigenvalue weighted by Gasteiger charge is 2.17. The number of nitro groups is 1. The van der Waals surface area contributed by atoms with Gasteiger partial charge in [0.25, 0.3) is 0 Å². The van der Waals surface area contributed by atoms with Crippen LogP contribution in [0.1, 0.15) is 26.3 Å². The van der Waals surface area contributed by atoms with E-state index in [1.54, 1.807) is 12.1 Å². The average molecular weight is 350 g/mol. The lowest BCUT2D eigenvalue weighted by molar-refractivity contribution is -0.385. The van der Waals surface area contributed by atoms with Crippen LogP contribution < -0.4 is 4.74 Å². The van der Waals surface area contributed by atoms with Crippen LogP contribution in [0.25, 0.3) is 0 Å². The molecule has 4 nitrogen and oxygen atoms in total. The molecule has 2 aromatic carbocycles. The van der Waals surface area contributed by atoms with E-state index >= 15 is 0 Å². The van der Waals surface area contributed by atoms with E-state index in [1.165, 1.54) is 11.6 Å². The zero-order chi connectivity index (χ0) is 15.6. The monoisotopic (exact) mass is 349 g/mol. The van der Waals surface area contributed by atoms with Crippen molar-refractivity contribution >= 4 is 21.6 Å². The number of nitrogens with zero attached hydrogens (tertiary/aromatic N) is 1. The maximum absolute atomic E-state index is 11.1. The number of nitro benzene ring substituents is 1. The first-order valence-corrected chi connectivity index (χ1v) is 7.29. The van der Waals surface area contributed by atoms with Gasteiger partial charge in [0.1, 0.15) is 5.75 Å². The summed E-state index contributed by atoms with van der Waals surface area (Å²) in [6, 6.07) is 12.3. The van der Waals surface area contributed by atoms with Crippen molar-refractivity contribution in [2.75, 3.05) is 0 Å². The average Bonchev–Trinajstić information content (AvgIpc) is 2.40. The smallest absolute Gasteiger partial charge is 0.312 e. The molecule has 0 saturated carbocycles. The molecule has 0 heterocycles. The summed E-state index contributed by atoms with van der Waals surface area (Å²) in [6.45, 7) is 6.38. The minimum absolute atomic E-state index is 0.0577. The fourth-order valence-electron chi connectivity index (χ4n) is 1.87. The van der Waals surface area contributed by atoms with Crippen molar-refractivity contribution in [1.29, 1.82) is 0 Å². The summed E-state index contributed by atoms with van der Waals surface area (Å²) in [5.74, 6) is 0.806. The predicted molar refractivity (Wildman–Crippen MR) is 86.0 cm³/mol. The van der Waals surface area contributed by atoms with Crippen LogP contribution in [0.2, 0.25) is 0 Å². The van der Waals surface area contributed by atoms with E-state index in [1.807, 2.05) is 24.3 Å². The van der Waals surface area contributed by atoms with Gasteiger partial charge in [0.2, 0.25) is 5.75 Å². The van der Waals surface area contributed by atoms with Crippen molar-refractivity contribution < 1.29 is 9.66 Å². The molecule has 0 bridgehead atoms. The van der Waals surface area contributed by atoms with Crippen LogP contribution in [-0.4, -0.2) is 4.92 Å². The Balaban J connectivity index is 2.28. The van der Waals surface area contributed by atoms with Crippen LogP contribution in [0, 0.1) is 10.1 Å². The van der Waals surface area contributed by atoms with Gasteiger partial charge in [-0.2, -0.15) is 0 Å². The fourth-order valence-corrected chi connectivity index (χ4v) is 2.22. The number of benzene rings is 2. The standard InChI is InChI=1S/C16H16BrNO3/c1-16(2,3)11-4-7-13(8-5-11)21-15-9-6-12(17)10-14(15)18(19)20/h4-10H,1-3H3. The summed E-state index contributed by atoms with van der Waals surface area (Å²) in [4.78, 5) is 10.6. The second-order valence-corrected chi connectivity index (χ2v) is 6.66. The fraction of sp³-hybridized carbons (Fsp3) is 0.250. The summed E-state index contributed by atoms with van der Waals surface area (Å²) in [5.41, 5.74) is 1.17. The van der Waals surface area contributed by atoms with E-state index in [4.69, 9.17) is 4.74 Å². The Morgan fingerprint density at radius 3 is 2.24 bits per heavy atom. The molecular weight excluding hydrogens is 334 g/mol. The van der Waals surface area contributed by atoms with Crippen LogP contribution in [0.5, 0.6) is 11.5 Å². The second-order valence-electron chi connectivity index (χ2n) is 5.75. The number of ether oxygens (including phenoxy) is 1. The summed E-state index contributed by atoms with van der Waals surface area (Å²) in [6.07, 6.45) is 0. The first kappa shape index (κ1) is 15.5. The lowest BCUT2D eigenvalue weighted by Crippen LogP contribution is -2.10. The van der Waals surface area contributed by atoms with Crippen molar-refractivity contribution in [3.8, 4) is 11.5 Å². The van der Waals surface area contributed by atoms with Gasteiger partial charge >= 0.3 is 5.69 Å². The molecule has 0 atom stereocenters. The Labute approximate surface area is 132 Å². The topological polar surface area (TPSA) is 52.4 Å². The molecule has 21 heavy (non-hydrogen) atoms. The van der Waals surface area contributed by atoms with E-state index < -0.39 is 4.92 Å². The van der Waals surface area contributed by atoms with E-state index in [-0.39, 0.29) is 16.9 Å². The van der Waals surface area contributed by atoms with Gasteiger partial charge in [-0.25, -0.2) is 0 Å². The van der Waals surface area contributed by atoms with E-state index in [9.17, 15) is 10.1 Å². The Morgan fingerprint density at radius 1 is 1.10 bits per heavy atom. The SMILES string of the molecule is CC(C)(C)c1ccc(Oc2ccc(Br)cc2[N+](=O)[O-])cc1. The molecule has 0 fully saturated rings. The third-order valence-electron chi connectivity index (χ3n) is 3.07. The number of hydrogen-bond donors (Lipinski definition) is 0. The van der Waals surface area contributed by atoms with Crippen LogP contribution >= 0.6 is 15.9 Å². The maximum atomic E-state index is 11.1. The molecule has 0 aromatic heterocycles. The van der Waals surface area contributed by atoms with Gasteiger partial charge in [-0.05, 0) is 35.2 Å². The lowest BCUT2D eigenvalue weighted by atomic mass is 9.87. The highest BCUT2D eigenvalue weighted by molar-refractivity contribution is 9.10. The molecule has 0 radical (unpaired) electrons. The van der Waals surface area contributed by atoms with Gasteiger partial charge < -0.3 is 4.74 Å². The highest BCUT2D eigenvalue weighted by Crippen LogP contribution is 2.34. The van der Waals surface area contributed by atoms with Gasteiger partial charge in [-0.15, -0.1) is 0 Å². The molecule has 0 spiro atoms. The molecule has 0 aliphatic carbocycles. The minimum Gasteiger partial charge on any atom is -0.450 e. The van der Waals surface area contributed by atoms with Crippen molar-refractivity contribution in [3.63, 3.8) is 0 Å². The van der Waals surface area contributed by atoms with Crippen molar-refractivity contribution in [1.82, 2.24) is 0 Å². The molecule has 0 amide bonds. The molecule has 0 N–H and O–H groups in total. The third kappa shape index (κ3) is 3.82. The summed E-state index contributed by atoms with van der Waals surface area (Å²) in [5, 5.41) is 11.1. The van der Waals surface area contributed by atoms with Gasteiger partial charge in [0.15, 0.2) is 0 Å². The highest BCUT2D eigenvalue weighted by atomic mass is 79.9. The molecule has 0 aliphatic rings. The molecule has 2 aromatic rings. The van der Waals surface area contributed by atoms with Gasteiger partial charge in [0, 0.05) is 10.5 Å². The van der Waals surface area contributed by atoms with Gasteiger partial charge in [-0.3, -0.25) is 10.1 Å². The zero-order valence-corrected chi connectivity index (χ0v) is 13.7. The van der Waals surface area contributed by atoms with Crippen molar-refractivity contribution in [2.45, 2.75) is 26.2 Å². The molecule has 0 aliphatic heterocycles. The molecule has 5 heteroatoms. The largest absolute Gasteiger partial charge is 0.450 e. The first-order chi connectivity index (χ1) is 9.77. The van der Waals surface area contributed by atoms with Gasteiger partial charge in [0.05, 0.1) is 4.92 Å². The van der Waals surface area contributed by atoms with E-state index in [0.29, 0.717) is 10.2 Å². The van der Waals surface area contributed by atoms with Crippen LogP contribution in [0.4, 0.5) is 5.69 Å². The van der Waals surface area contributed by atoms with Crippen molar-refractivity contribution in [3.05, 3.63) is 62.6 Å². The molecule has 110 valence electrons. The predicted octanol–water partition coefficient (Wildman–Crippen LogP) is 5.45. The molecule has 2 rings (SSSR count). The zero-order valence-electron chi connectivity index (χ0n) is 12.1. The minimum atomic E-state index is -0.455. The molecular formula is C16H16BrNO3. The Bertz CT molecular complexity index is 660. The normalized spacial score (nSPS) is 11.2. The summed E-state index contributed by atoms with van der Waals surface area (Å²) < 4.78 is 6.27. The van der Waals surface area contributed by atoms with Crippen molar-refractivity contribution in [2.24, 2.45) is 0 Å². The van der Waals surface area contributed by atoms with Crippen LogP contribution in [-0.2, 0) is 5.41 Å². The Morgan fingerprint density at radius 2 is 1.71 bits per heavy atom. The summed E-state index contributed by atoms with van der Waals surface area (Å²) >= 11 is 3.22. The number of halogens is 1.